The van der Waals surface area contributed by atoms with Crippen molar-refractivity contribution < 1.29 is 4.74 Å². The van der Waals surface area contributed by atoms with Gasteiger partial charge in [0, 0.05) is 22.5 Å². The average molecular weight is 336 g/mol. The zero-order valence-electron chi connectivity index (χ0n) is 11.8. The van der Waals surface area contributed by atoms with Crippen molar-refractivity contribution in [1.82, 2.24) is 0 Å². The van der Waals surface area contributed by atoms with Crippen LogP contribution in [0.4, 0.5) is 0 Å². The van der Waals surface area contributed by atoms with E-state index >= 15 is 0 Å². The summed E-state index contributed by atoms with van der Waals surface area (Å²) < 4.78 is 7.58. The average Bonchev–Trinajstić information content (AvgIpc) is 3.24. The molecule has 0 amide bonds. The maximum absolute atomic E-state index is 6.49. The van der Waals surface area contributed by atoms with E-state index in [2.05, 4.69) is 34.1 Å². The van der Waals surface area contributed by atoms with E-state index in [1.807, 2.05) is 0 Å². The summed E-state index contributed by atoms with van der Waals surface area (Å²) in [6.45, 7) is 0. The van der Waals surface area contributed by atoms with Gasteiger partial charge in [-0.3, -0.25) is 0 Å². The highest BCUT2D eigenvalue weighted by molar-refractivity contribution is 9.10. The lowest BCUT2D eigenvalue weighted by molar-refractivity contribution is -0.0207. The summed E-state index contributed by atoms with van der Waals surface area (Å²) in [6, 6.07) is 6.38. The van der Waals surface area contributed by atoms with Gasteiger partial charge in [0.05, 0.1) is 0 Å². The lowest BCUT2D eigenvalue weighted by atomic mass is 9.71. The molecule has 108 valence electrons. The van der Waals surface area contributed by atoms with Gasteiger partial charge in [-0.2, -0.15) is 0 Å². The second-order valence-electron chi connectivity index (χ2n) is 6.97. The summed E-state index contributed by atoms with van der Waals surface area (Å²) in [5.41, 5.74) is 7.64. The first kappa shape index (κ1) is 13.1. The Morgan fingerprint density at radius 3 is 2.80 bits per heavy atom. The number of fused-ring (bicyclic) bond motifs is 1. The zero-order chi connectivity index (χ0) is 13.7. The topological polar surface area (TPSA) is 35.2 Å². The van der Waals surface area contributed by atoms with E-state index in [0.717, 1.165) is 28.5 Å². The minimum atomic E-state index is 0.0196. The molecular formula is C17H22BrNO. The number of hydrogen-bond donors (Lipinski definition) is 1. The quantitative estimate of drug-likeness (QED) is 0.815. The highest BCUT2D eigenvalue weighted by atomic mass is 79.9. The lowest BCUT2D eigenvalue weighted by Gasteiger charge is -2.46. The van der Waals surface area contributed by atoms with Crippen LogP contribution in [0, 0.1) is 11.8 Å². The molecule has 1 heterocycles. The summed E-state index contributed by atoms with van der Waals surface area (Å²) in [5.74, 6) is 2.88. The summed E-state index contributed by atoms with van der Waals surface area (Å²) in [5, 5.41) is 0. The molecule has 3 unspecified atom stereocenters. The molecule has 3 atom stereocenters. The van der Waals surface area contributed by atoms with E-state index in [4.69, 9.17) is 10.5 Å². The summed E-state index contributed by atoms with van der Waals surface area (Å²) in [6.07, 6.45) is 8.98. The standard InChI is InChI=1S/C17H22BrNO/c18-13-5-6-16-14(8-13)15(19)10-17(20-16)7-1-2-12(9-17)11-3-4-11/h5-6,8,11-12,15H,1-4,7,9-10,19H2. The molecule has 3 aliphatic rings. The molecule has 2 nitrogen and oxygen atoms in total. The molecule has 0 radical (unpaired) electrons. The molecule has 20 heavy (non-hydrogen) atoms. The predicted molar refractivity (Wildman–Crippen MR) is 83.7 cm³/mol. The number of hydrogen-bond acceptors (Lipinski definition) is 2. The van der Waals surface area contributed by atoms with Crippen LogP contribution in [0.5, 0.6) is 5.75 Å². The van der Waals surface area contributed by atoms with Gasteiger partial charge in [0.1, 0.15) is 11.4 Å². The van der Waals surface area contributed by atoms with Crippen molar-refractivity contribution in [3.8, 4) is 5.75 Å². The maximum atomic E-state index is 6.49. The molecule has 0 bridgehead atoms. The first-order valence-corrected chi connectivity index (χ1v) is 8.69. The fourth-order valence-electron chi connectivity index (χ4n) is 4.30. The molecule has 2 fully saturated rings. The second kappa shape index (κ2) is 4.74. The molecule has 1 aromatic rings. The minimum Gasteiger partial charge on any atom is -0.487 e. The van der Waals surface area contributed by atoms with Crippen LogP contribution in [0.15, 0.2) is 22.7 Å². The Balaban J connectivity index is 1.62. The SMILES string of the molecule is NC1CC2(CCCC(C3CC3)C2)Oc2ccc(Br)cc21. The van der Waals surface area contributed by atoms with Gasteiger partial charge in [-0.05, 0) is 68.6 Å². The second-order valence-corrected chi connectivity index (χ2v) is 7.89. The Morgan fingerprint density at radius 2 is 2.00 bits per heavy atom. The molecule has 3 heteroatoms. The van der Waals surface area contributed by atoms with Crippen molar-refractivity contribution in [2.75, 3.05) is 0 Å². The fraction of sp³-hybridized carbons (Fsp3) is 0.647. The molecule has 0 saturated heterocycles. The molecular weight excluding hydrogens is 314 g/mol. The predicted octanol–water partition coefficient (Wildman–Crippen LogP) is 4.57. The normalized spacial score (nSPS) is 36.5. The Bertz CT molecular complexity index is 528. The molecule has 1 spiro atoms. The van der Waals surface area contributed by atoms with Gasteiger partial charge in [-0.25, -0.2) is 0 Å². The Morgan fingerprint density at radius 1 is 1.15 bits per heavy atom. The third-order valence-corrected chi connectivity index (χ3v) is 5.91. The van der Waals surface area contributed by atoms with Gasteiger partial charge in [0.2, 0.25) is 0 Å². The van der Waals surface area contributed by atoms with Crippen LogP contribution in [0.1, 0.15) is 56.6 Å². The van der Waals surface area contributed by atoms with Crippen LogP contribution in [0.25, 0.3) is 0 Å². The number of ether oxygens (including phenoxy) is 1. The smallest absolute Gasteiger partial charge is 0.124 e. The molecule has 1 aromatic carbocycles. The van der Waals surface area contributed by atoms with Gasteiger partial charge >= 0.3 is 0 Å². The summed E-state index contributed by atoms with van der Waals surface area (Å²) in [7, 11) is 0. The van der Waals surface area contributed by atoms with Gasteiger partial charge in [0.25, 0.3) is 0 Å². The van der Waals surface area contributed by atoms with Gasteiger partial charge in [0.15, 0.2) is 0 Å². The van der Waals surface area contributed by atoms with Crippen molar-refractivity contribution in [3.63, 3.8) is 0 Å². The van der Waals surface area contributed by atoms with E-state index in [-0.39, 0.29) is 11.6 Å². The minimum absolute atomic E-state index is 0.0196. The number of nitrogens with two attached hydrogens (primary N) is 1. The zero-order valence-corrected chi connectivity index (χ0v) is 13.4. The van der Waals surface area contributed by atoms with Crippen LogP contribution in [-0.2, 0) is 0 Å². The first-order chi connectivity index (χ1) is 9.65. The highest BCUT2D eigenvalue weighted by Crippen LogP contribution is 2.52. The lowest BCUT2D eigenvalue weighted by Crippen LogP contribution is -2.46. The van der Waals surface area contributed by atoms with Crippen LogP contribution in [0.3, 0.4) is 0 Å². The largest absolute Gasteiger partial charge is 0.487 e. The number of benzene rings is 1. The monoisotopic (exact) mass is 335 g/mol. The van der Waals surface area contributed by atoms with Crippen LogP contribution >= 0.6 is 15.9 Å². The van der Waals surface area contributed by atoms with Gasteiger partial charge < -0.3 is 10.5 Å². The molecule has 4 rings (SSSR count). The summed E-state index contributed by atoms with van der Waals surface area (Å²) in [4.78, 5) is 0. The van der Waals surface area contributed by atoms with Crippen molar-refractivity contribution in [2.45, 2.75) is 56.6 Å². The molecule has 2 N–H and O–H groups in total. The van der Waals surface area contributed by atoms with Crippen molar-refractivity contribution in [1.29, 1.82) is 0 Å². The highest BCUT2D eigenvalue weighted by Gasteiger charge is 2.46. The van der Waals surface area contributed by atoms with Crippen LogP contribution in [0.2, 0.25) is 0 Å². The van der Waals surface area contributed by atoms with Crippen molar-refractivity contribution in [2.24, 2.45) is 17.6 Å². The van der Waals surface area contributed by atoms with Gasteiger partial charge in [-0.1, -0.05) is 15.9 Å². The maximum Gasteiger partial charge on any atom is 0.124 e. The van der Waals surface area contributed by atoms with Crippen molar-refractivity contribution in [3.05, 3.63) is 28.2 Å². The summed E-state index contributed by atoms with van der Waals surface area (Å²) >= 11 is 3.53. The van der Waals surface area contributed by atoms with E-state index in [0.29, 0.717) is 0 Å². The third kappa shape index (κ3) is 2.29. The Kier molecular flexibility index (Phi) is 3.11. The first-order valence-electron chi connectivity index (χ1n) is 7.89. The molecule has 0 aromatic heterocycles. The van der Waals surface area contributed by atoms with E-state index in [1.54, 1.807) is 0 Å². The van der Waals surface area contributed by atoms with Gasteiger partial charge in [-0.15, -0.1) is 0 Å². The van der Waals surface area contributed by atoms with E-state index < -0.39 is 0 Å². The number of halogens is 1. The molecule has 2 aliphatic carbocycles. The fourth-order valence-corrected chi connectivity index (χ4v) is 4.68. The van der Waals surface area contributed by atoms with Crippen molar-refractivity contribution >= 4 is 15.9 Å². The van der Waals surface area contributed by atoms with Crippen LogP contribution in [-0.4, -0.2) is 5.60 Å². The molecule has 1 aliphatic heterocycles. The van der Waals surface area contributed by atoms with E-state index in [9.17, 15) is 0 Å². The Hall–Kier alpha value is -0.540. The Labute approximate surface area is 129 Å². The third-order valence-electron chi connectivity index (χ3n) is 5.42. The van der Waals surface area contributed by atoms with Crippen LogP contribution < -0.4 is 10.5 Å². The van der Waals surface area contributed by atoms with E-state index in [1.165, 1.54) is 44.1 Å². The number of rotatable bonds is 1. The molecule has 2 saturated carbocycles.